The van der Waals surface area contributed by atoms with E-state index in [1.165, 1.54) is 12.1 Å². The molecule has 0 unspecified atom stereocenters. The summed E-state index contributed by atoms with van der Waals surface area (Å²) in [5.41, 5.74) is 0.840. The van der Waals surface area contributed by atoms with Crippen molar-refractivity contribution in [2.45, 2.75) is 26.2 Å². The lowest BCUT2D eigenvalue weighted by atomic mass is 10.2. The van der Waals surface area contributed by atoms with Crippen molar-refractivity contribution in [1.82, 2.24) is 0 Å². The molecule has 0 aromatic heterocycles. The molecule has 0 aliphatic rings. The molecule has 0 saturated carbocycles. The first-order valence-corrected chi connectivity index (χ1v) is 5.72. The molecular formula is C12H16ClFO. The molecule has 0 atom stereocenters. The minimum atomic E-state index is -0.220. The number of aryl methyl sites for hydroxylation is 1. The minimum Gasteiger partial charge on any atom is -0.493 e. The molecule has 1 aromatic rings. The maximum atomic E-state index is 12.8. The van der Waals surface area contributed by atoms with Gasteiger partial charge >= 0.3 is 0 Å². The van der Waals surface area contributed by atoms with Crippen LogP contribution in [-0.4, -0.2) is 12.5 Å². The molecule has 0 radical (unpaired) electrons. The van der Waals surface area contributed by atoms with Crippen LogP contribution in [0.1, 0.15) is 24.8 Å². The smallest absolute Gasteiger partial charge is 0.123 e. The third-order valence-electron chi connectivity index (χ3n) is 2.17. The number of benzene rings is 1. The molecular weight excluding hydrogens is 215 g/mol. The van der Waals surface area contributed by atoms with Gasteiger partial charge in [-0.25, -0.2) is 4.39 Å². The second-order valence-electron chi connectivity index (χ2n) is 3.51. The molecule has 3 heteroatoms. The summed E-state index contributed by atoms with van der Waals surface area (Å²) < 4.78 is 18.3. The second kappa shape index (κ2) is 6.67. The molecule has 0 fully saturated rings. The first-order valence-electron chi connectivity index (χ1n) is 5.19. The predicted molar refractivity (Wildman–Crippen MR) is 61.2 cm³/mol. The number of ether oxygens (including phenoxy) is 1. The monoisotopic (exact) mass is 230 g/mol. The van der Waals surface area contributed by atoms with E-state index in [1.807, 2.05) is 6.92 Å². The Bertz CT molecular complexity index is 302. The predicted octanol–water partition coefficient (Wildman–Crippen LogP) is 3.92. The summed E-state index contributed by atoms with van der Waals surface area (Å²) in [4.78, 5) is 0. The van der Waals surface area contributed by atoms with E-state index in [2.05, 4.69) is 0 Å². The summed E-state index contributed by atoms with van der Waals surface area (Å²) in [6, 6.07) is 4.57. The molecule has 0 amide bonds. The Morgan fingerprint density at radius 1 is 1.27 bits per heavy atom. The Morgan fingerprint density at radius 2 is 2.07 bits per heavy atom. The molecule has 0 aliphatic carbocycles. The first kappa shape index (κ1) is 12.3. The van der Waals surface area contributed by atoms with Gasteiger partial charge in [-0.3, -0.25) is 0 Å². The summed E-state index contributed by atoms with van der Waals surface area (Å²) in [6.45, 7) is 2.51. The van der Waals surface area contributed by atoms with Crippen LogP contribution in [0.2, 0.25) is 0 Å². The van der Waals surface area contributed by atoms with Crippen molar-refractivity contribution in [3.05, 3.63) is 29.6 Å². The Hall–Kier alpha value is -0.760. The van der Waals surface area contributed by atoms with Crippen LogP contribution >= 0.6 is 11.6 Å². The van der Waals surface area contributed by atoms with Crippen LogP contribution in [0.25, 0.3) is 0 Å². The number of halogens is 2. The van der Waals surface area contributed by atoms with E-state index in [0.717, 1.165) is 30.6 Å². The average Bonchev–Trinajstić information content (AvgIpc) is 2.20. The molecule has 0 aliphatic heterocycles. The standard InChI is InChI=1S/C12H16ClFO/c1-10-9-11(14)5-6-12(10)15-8-4-2-3-7-13/h5-6,9H,2-4,7-8H2,1H3. The summed E-state index contributed by atoms with van der Waals surface area (Å²) in [5, 5.41) is 0. The van der Waals surface area contributed by atoms with Crippen molar-refractivity contribution in [1.29, 1.82) is 0 Å². The van der Waals surface area contributed by atoms with Crippen LogP contribution in [-0.2, 0) is 0 Å². The number of rotatable bonds is 6. The highest BCUT2D eigenvalue weighted by Gasteiger charge is 2.00. The third kappa shape index (κ3) is 4.52. The molecule has 15 heavy (non-hydrogen) atoms. The topological polar surface area (TPSA) is 9.23 Å². The minimum absolute atomic E-state index is 0.220. The second-order valence-corrected chi connectivity index (χ2v) is 3.89. The number of alkyl halides is 1. The highest BCUT2D eigenvalue weighted by Crippen LogP contribution is 2.18. The van der Waals surface area contributed by atoms with Crippen molar-refractivity contribution < 1.29 is 9.13 Å². The van der Waals surface area contributed by atoms with Crippen molar-refractivity contribution in [3.8, 4) is 5.75 Å². The van der Waals surface area contributed by atoms with E-state index in [-0.39, 0.29) is 5.82 Å². The fraction of sp³-hybridized carbons (Fsp3) is 0.500. The fourth-order valence-electron chi connectivity index (χ4n) is 1.33. The largest absolute Gasteiger partial charge is 0.493 e. The zero-order chi connectivity index (χ0) is 11.1. The molecule has 0 heterocycles. The van der Waals surface area contributed by atoms with E-state index >= 15 is 0 Å². The quantitative estimate of drug-likeness (QED) is 0.532. The van der Waals surface area contributed by atoms with E-state index in [4.69, 9.17) is 16.3 Å². The third-order valence-corrected chi connectivity index (χ3v) is 2.44. The SMILES string of the molecule is Cc1cc(F)ccc1OCCCCCCl. The van der Waals surface area contributed by atoms with Gasteiger partial charge in [0.2, 0.25) is 0 Å². The number of hydrogen-bond acceptors (Lipinski definition) is 1. The van der Waals surface area contributed by atoms with Gasteiger partial charge in [-0.2, -0.15) is 0 Å². The Balaban J connectivity index is 2.31. The van der Waals surface area contributed by atoms with E-state index in [0.29, 0.717) is 12.5 Å². The maximum absolute atomic E-state index is 12.8. The summed E-state index contributed by atoms with van der Waals surface area (Å²) in [5.74, 6) is 1.25. The van der Waals surface area contributed by atoms with Crippen LogP contribution in [0.15, 0.2) is 18.2 Å². The zero-order valence-corrected chi connectivity index (χ0v) is 9.69. The molecule has 1 rings (SSSR count). The summed E-state index contributed by atoms with van der Waals surface area (Å²) in [6.07, 6.45) is 3.08. The van der Waals surface area contributed by atoms with Gasteiger partial charge in [-0.05, 0) is 49.9 Å². The lowest BCUT2D eigenvalue weighted by Crippen LogP contribution is -1.99. The van der Waals surface area contributed by atoms with Crippen molar-refractivity contribution in [2.75, 3.05) is 12.5 Å². The molecule has 0 saturated heterocycles. The molecule has 1 nitrogen and oxygen atoms in total. The van der Waals surface area contributed by atoms with Crippen LogP contribution < -0.4 is 4.74 Å². The van der Waals surface area contributed by atoms with Gasteiger partial charge in [0.25, 0.3) is 0 Å². The number of unbranched alkanes of at least 4 members (excludes halogenated alkanes) is 2. The highest BCUT2D eigenvalue weighted by molar-refractivity contribution is 6.17. The van der Waals surface area contributed by atoms with E-state index in [9.17, 15) is 4.39 Å². The van der Waals surface area contributed by atoms with Crippen molar-refractivity contribution in [3.63, 3.8) is 0 Å². The Morgan fingerprint density at radius 3 is 2.73 bits per heavy atom. The zero-order valence-electron chi connectivity index (χ0n) is 8.93. The number of hydrogen-bond donors (Lipinski definition) is 0. The molecule has 0 bridgehead atoms. The van der Waals surface area contributed by atoms with Gasteiger partial charge in [-0.1, -0.05) is 0 Å². The molecule has 84 valence electrons. The fourth-order valence-corrected chi connectivity index (χ4v) is 1.52. The van der Waals surface area contributed by atoms with Crippen LogP contribution in [0.3, 0.4) is 0 Å². The van der Waals surface area contributed by atoms with Gasteiger partial charge in [0.15, 0.2) is 0 Å². The van der Waals surface area contributed by atoms with Gasteiger partial charge in [0.05, 0.1) is 6.61 Å². The van der Waals surface area contributed by atoms with Gasteiger partial charge in [-0.15, -0.1) is 11.6 Å². The van der Waals surface area contributed by atoms with E-state index in [1.54, 1.807) is 6.07 Å². The van der Waals surface area contributed by atoms with Crippen LogP contribution in [0, 0.1) is 12.7 Å². The Kier molecular flexibility index (Phi) is 5.48. The molecule has 0 spiro atoms. The molecule has 1 aromatic carbocycles. The Labute approximate surface area is 95.2 Å². The van der Waals surface area contributed by atoms with Gasteiger partial charge in [0, 0.05) is 5.88 Å². The van der Waals surface area contributed by atoms with E-state index < -0.39 is 0 Å². The van der Waals surface area contributed by atoms with Gasteiger partial charge < -0.3 is 4.74 Å². The highest BCUT2D eigenvalue weighted by atomic mass is 35.5. The van der Waals surface area contributed by atoms with Crippen LogP contribution in [0.5, 0.6) is 5.75 Å². The van der Waals surface area contributed by atoms with Crippen molar-refractivity contribution in [2.24, 2.45) is 0 Å². The lowest BCUT2D eigenvalue weighted by Gasteiger charge is -2.08. The lowest BCUT2D eigenvalue weighted by molar-refractivity contribution is 0.304. The summed E-state index contributed by atoms with van der Waals surface area (Å²) >= 11 is 5.56. The van der Waals surface area contributed by atoms with Gasteiger partial charge in [0.1, 0.15) is 11.6 Å². The maximum Gasteiger partial charge on any atom is 0.123 e. The normalized spacial score (nSPS) is 10.3. The summed E-state index contributed by atoms with van der Waals surface area (Å²) in [7, 11) is 0. The van der Waals surface area contributed by atoms with Crippen molar-refractivity contribution >= 4 is 11.6 Å². The molecule has 0 N–H and O–H groups in total. The first-order chi connectivity index (χ1) is 7.24. The van der Waals surface area contributed by atoms with Crippen LogP contribution in [0.4, 0.5) is 4.39 Å². The average molecular weight is 231 g/mol.